The predicted molar refractivity (Wildman–Crippen MR) is 98.0 cm³/mol. The van der Waals surface area contributed by atoms with Crippen LogP contribution in [0, 0.1) is 10.1 Å². The molecule has 0 bridgehead atoms. The van der Waals surface area contributed by atoms with E-state index >= 15 is 0 Å². The lowest BCUT2D eigenvalue weighted by Gasteiger charge is -2.13. The summed E-state index contributed by atoms with van der Waals surface area (Å²) in [6, 6.07) is 5.52. The number of rotatable bonds is 5. The minimum absolute atomic E-state index is 0.0285. The monoisotopic (exact) mass is 394 g/mol. The highest BCUT2D eigenvalue weighted by Gasteiger charge is 2.24. The second kappa shape index (κ2) is 7.43. The summed E-state index contributed by atoms with van der Waals surface area (Å²) in [4.78, 5) is 36.2. The molecule has 2 aromatic rings. The quantitative estimate of drug-likeness (QED) is 0.469. The SMILES string of the molecule is CC(OC(=O)c1cc2c(s1)CCC2)C(=O)Nc1ccc([N+](=O)[O-])cc1Cl. The number of nitro groups is 1. The van der Waals surface area contributed by atoms with Crippen LogP contribution in [0.1, 0.15) is 33.5 Å². The van der Waals surface area contributed by atoms with Crippen molar-refractivity contribution in [1.82, 2.24) is 0 Å². The molecule has 9 heteroatoms. The lowest BCUT2D eigenvalue weighted by atomic mass is 10.2. The van der Waals surface area contributed by atoms with E-state index in [1.165, 1.54) is 40.8 Å². The summed E-state index contributed by atoms with van der Waals surface area (Å²) in [5, 5.41) is 13.2. The number of anilines is 1. The molecule has 1 aromatic carbocycles. The lowest BCUT2D eigenvalue weighted by Crippen LogP contribution is -2.29. The molecule has 26 heavy (non-hydrogen) atoms. The van der Waals surface area contributed by atoms with Gasteiger partial charge in [-0.25, -0.2) is 4.79 Å². The molecule has 3 rings (SSSR count). The number of thiophene rings is 1. The van der Waals surface area contributed by atoms with Crippen LogP contribution in [-0.2, 0) is 22.4 Å². The van der Waals surface area contributed by atoms with Gasteiger partial charge in [0.25, 0.3) is 11.6 Å². The third-order valence-electron chi connectivity index (χ3n) is 4.02. The van der Waals surface area contributed by atoms with Crippen LogP contribution in [0.5, 0.6) is 0 Å². The molecule has 0 saturated heterocycles. The predicted octanol–water partition coefficient (Wildman–Crippen LogP) is 3.98. The molecule has 136 valence electrons. The number of non-ortho nitro benzene ring substituents is 1. The molecule has 1 atom stereocenters. The Kier molecular flexibility index (Phi) is 5.24. The van der Waals surface area contributed by atoms with Gasteiger partial charge in [0, 0.05) is 17.0 Å². The molecule has 0 saturated carbocycles. The largest absolute Gasteiger partial charge is 0.448 e. The molecular weight excluding hydrogens is 380 g/mol. The standard InChI is InChI=1S/C17H15ClN2O5S/c1-9(25-17(22)15-7-10-3-2-4-14(10)26-15)16(21)19-13-6-5-11(20(23)24)8-12(13)18/h5-9H,2-4H2,1H3,(H,19,21). The highest BCUT2D eigenvalue weighted by atomic mass is 35.5. The summed E-state index contributed by atoms with van der Waals surface area (Å²) in [5.41, 5.74) is 1.20. The number of aryl methyl sites for hydroxylation is 2. The fourth-order valence-corrected chi connectivity index (χ4v) is 4.01. The third-order valence-corrected chi connectivity index (χ3v) is 5.55. The first kappa shape index (κ1) is 18.3. The van der Waals surface area contributed by atoms with Gasteiger partial charge in [-0.2, -0.15) is 0 Å². The van der Waals surface area contributed by atoms with Gasteiger partial charge in [-0.1, -0.05) is 11.6 Å². The van der Waals surface area contributed by atoms with Gasteiger partial charge in [-0.15, -0.1) is 11.3 Å². The summed E-state index contributed by atoms with van der Waals surface area (Å²) in [7, 11) is 0. The zero-order valence-corrected chi connectivity index (χ0v) is 15.4. The highest BCUT2D eigenvalue weighted by molar-refractivity contribution is 7.14. The van der Waals surface area contributed by atoms with Crippen LogP contribution in [0.25, 0.3) is 0 Å². The van der Waals surface area contributed by atoms with Gasteiger partial charge in [-0.3, -0.25) is 14.9 Å². The topological polar surface area (TPSA) is 98.5 Å². The molecule has 0 radical (unpaired) electrons. The van der Waals surface area contributed by atoms with Gasteiger partial charge in [0.05, 0.1) is 15.6 Å². The van der Waals surface area contributed by atoms with Crippen molar-refractivity contribution in [2.24, 2.45) is 0 Å². The smallest absolute Gasteiger partial charge is 0.349 e. The number of nitro benzene ring substituents is 1. The Morgan fingerprint density at radius 2 is 2.12 bits per heavy atom. The Labute approximate surface area is 158 Å². The van der Waals surface area contributed by atoms with Gasteiger partial charge < -0.3 is 10.1 Å². The zero-order valence-electron chi connectivity index (χ0n) is 13.8. The van der Waals surface area contributed by atoms with E-state index in [1.807, 2.05) is 6.07 Å². The number of ether oxygens (including phenoxy) is 1. The minimum atomic E-state index is -1.04. The number of nitrogens with one attached hydrogen (secondary N) is 1. The Hall–Kier alpha value is -2.45. The van der Waals surface area contributed by atoms with E-state index in [-0.39, 0.29) is 16.4 Å². The maximum Gasteiger partial charge on any atom is 0.349 e. The number of esters is 1. The summed E-state index contributed by atoms with van der Waals surface area (Å²) in [5.74, 6) is -1.11. The number of hydrogen-bond donors (Lipinski definition) is 1. The van der Waals surface area contributed by atoms with Crippen molar-refractivity contribution < 1.29 is 19.2 Å². The number of benzene rings is 1. The third kappa shape index (κ3) is 3.86. The maximum absolute atomic E-state index is 12.2. The first-order valence-corrected chi connectivity index (χ1v) is 9.12. The van der Waals surface area contributed by atoms with E-state index in [4.69, 9.17) is 16.3 Å². The number of nitrogens with zero attached hydrogens (tertiary/aromatic N) is 1. The fraction of sp³-hybridized carbons (Fsp3) is 0.294. The Morgan fingerprint density at radius 1 is 1.35 bits per heavy atom. The van der Waals surface area contributed by atoms with E-state index < -0.39 is 22.9 Å². The second-order valence-corrected chi connectivity index (χ2v) is 7.41. The van der Waals surface area contributed by atoms with Crippen LogP contribution in [0.4, 0.5) is 11.4 Å². The van der Waals surface area contributed by atoms with Crippen LogP contribution in [0.15, 0.2) is 24.3 Å². The van der Waals surface area contributed by atoms with Crippen LogP contribution in [-0.4, -0.2) is 22.9 Å². The van der Waals surface area contributed by atoms with Crippen molar-refractivity contribution in [3.05, 3.63) is 54.7 Å². The number of carbonyl (C=O) groups excluding carboxylic acids is 2. The second-order valence-electron chi connectivity index (χ2n) is 5.87. The molecular formula is C17H15ClN2O5S. The van der Waals surface area contributed by atoms with Crippen LogP contribution >= 0.6 is 22.9 Å². The van der Waals surface area contributed by atoms with Gasteiger partial charge in [0.1, 0.15) is 4.88 Å². The van der Waals surface area contributed by atoms with Crippen molar-refractivity contribution >= 4 is 46.2 Å². The highest BCUT2D eigenvalue weighted by Crippen LogP contribution is 2.31. The molecule has 0 spiro atoms. The molecule has 7 nitrogen and oxygen atoms in total. The van der Waals surface area contributed by atoms with Crippen molar-refractivity contribution in [1.29, 1.82) is 0 Å². The zero-order chi connectivity index (χ0) is 18.8. The average molecular weight is 395 g/mol. The van der Waals surface area contributed by atoms with Gasteiger partial charge >= 0.3 is 5.97 Å². The van der Waals surface area contributed by atoms with E-state index in [0.29, 0.717) is 4.88 Å². The molecule has 1 heterocycles. The van der Waals surface area contributed by atoms with Crippen molar-refractivity contribution in [3.63, 3.8) is 0 Å². The molecule has 1 amide bonds. The van der Waals surface area contributed by atoms with Crippen molar-refractivity contribution in [2.45, 2.75) is 32.3 Å². The molecule has 1 unspecified atom stereocenters. The Bertz CT molecular complexity index is 874. The molecule has 1 N–H and O–H groups in total. The number of amides is 1. The number of carbonyl (C=O) groups is 2. The van der Waals surface area contributed by atoms with Crippen molar-refractivity contribution in [2.75, 3.05) is 5.32 Å². The Morgan fingerprint density at radius 3 is 2.77 bits per heavy atom. The molecule has 1 aromatic heterocycles. The minimum Gasteiger partial charge on any atom is -0.448 e. The van der Waals surface area contributed by atoms with Crippen LogP contribution < -0.4 is 5.32 Å². The van der Waals surface area contributed by atoms with Crippen LogP contribution in [0.3, 0.4) is 0 Å². The first-order chi connectivity index (χ1) is 12.3. The maximum atomic E-state index is 12.2. The van der Waals surface area contributed by atoms with E-state index in [2.05, 4.69) is 5.32 Å². The molecule has 1 aliphatic carbocycles. The van der Waals surface area contributed by atoms with E-state index in [9.17, 15) is 19.7 Å². The van der Waals surface area contributed by atoms with Crippen molar-refractivity contribution in [3.8, 4) is 0 Å². The first-order valence-electron chi connectivity index (χ1n) is 7.92. The summed E-state index contributed by atoms with van der Waals surface area (Å²) in [6.45, 7) is 1.45. The van der Waals surface area contributed by atoms with E-state index in [1.54, 1.807) is 0 Å². The summed E-state index contributed by atoms with van der Waals surface area (Å²) >= 11 is 7.34. The van der Waals surface area contributed by atoms with Crippen LogP contribution in [0.2, 0.25) is 5.02 Å². The normalized spacial score (nSPS) is 13.8. The molecule has 0 fully saturated rings. The number of halogens is 1. The summed E-state index contributed by atoms with van der Waals surface area (Å²) < 4.78 is 5.22. The summed E-state index contributed by atoms with van der Waals surface area (Å²) in [6.07, 6.45) is 2.01. The molecule has 1 aliphatic rings. The van der Waals surface area contributed by atoms with Gasteiger partial charge in [0.15, 0.2) is 6.10 Å². The fourth-order valence-electron chi connectivity index (χ4n) is 2.66. The average Bonchev–Trinajstić information content (AvgIpc) is 3.18. The Balaban J connectivity index is 1.62. The van der Waals surface area contributed by atoms with E-state index in [0.717, 1.165) is 25.3 Å². The van der Waals surface area contributed by atoms with Gasteiger partial charge in [0.2, 0.25) is 0 Å². The number of hydrogen-bond acceptors (Lipinski definition) is 6. The number of fused-ring (bicyclic) bond motifs is 1. The lowest BCUT2D eigenvalue weighted by molar-refractivity contribution is -0.384. The van der Waals surface area contributed by atoms with Gasteiger partial charge in [-0.05, 0) is 43.9 Å². The molecule has 0 aliphatic heterocycles.